The van der Waals surface area contributed by atoms with E-state index in [0.29, 0.717) is 24.6 Å². The summed E-state index contributed by atoms with van der Waals surface area (Å²) < 4.78 is 32.4. The minimum atomic E-state index is -3.55. The van der Waals surface area contributed by atoms with Crippen molar-refractivity contribution < 1.29 is 13.2 Å². The number of rotatable bonds is 7. The van der Waals surface area contributed by atoms with Crippen molar-refractivity contribution in [2.45, 2.75) is 25.2 Å². The molecule has 0 amide bonds. The van der Waals surface area contributed by atoms with Crippen LogP contribution in [0, 0.1) is 6.92 Å². The zero-order valence-corrected chi connectivity index (χ0v) is 14.7. The summed E-state index contributed by atoms with van der Waals surface area (Å²) in [5.74, 6) is 0.811. The van der Waals surface area contributed by atoms with Crippen molar-refractivity contribution >= 4 is 21.6 Å². The summed E-state index contributed by atoms with van der Waals surface area (Å²) in [5, 5.41) is 0.444. The van der Waals surface area contributed by atoms with Crippen LogP contribution in [0.1, 0.15) is 18.1 Å². The maximum Gasteiger partial charge on any atom is 0.240 e. The van der Waals surface area contributed by atoms with Gasteiger partial charge < -0.3 is 4.74 Å². The van der Waals surface area contributed by atoms with Crippen LogP contribution < -0.4 is 9.46 Å². The Hall–Kier alpha value is -1.56. The molecule has 0 atom stereocenters. The fourth-order valence-electron chi connectivity index (χ4n) is 2.07. The van der Waals surface area contributed by atoms with Crippen molar-refractivity contribution in [2.75, 3.05) is 13.2 Å². The van der Waals surface area contributed by atoms with Crippen molar-refractivity contribution in [3.05, 3.63) is 58.6 Å². The molecule has 2 aromatic rings. The van der Waals surface area contributed by atoms with E-state index >= 15 is 0 Å². The van der Waals surface area contributed by atoms with Gasteiger partial charge in [-0.15, -0.1) is 0 Å². The molecule has 0 saturated heterocycles. The SMILES string of the molecule is CCOc1ccc(CCNS(=O)(=O)c2ccc(C)c(Cl)c2)cc1. The number of hydrogen-bond donors (Lipinski definition) is 1. The molecule has 23 heavy (non-hydrogen) atoms. The second-order valence-corrected chi connectivity index (χ2v) is 7.31. The van der Waals surface area contributed by atoms with Gasteiger partial charge in [0, 0.05) is 11.6 Å². The normalized spacial score (nSPS) is 11.4. The smallest absolute Gasteiger partial charge is 0.240 e. The van der Waals surface area contributed by atoms with Crippen molar-refractivity contribution in [3.63, 3.8) is 0 Å². The first-order chi connectivity index (χ1) is 10.9. The Kier molecular flexibility index (Phi) is 6.04. The number of ether oxygens (including phenoxy) is 1. The van der Waals surface area contributed by atoms with Gasteiger partial charge in [-0.25, -0.2) is 13.1 Å². The fourth-order valence-corrected chi connectivity index (χ4v) is 3.38. The van der Waals surface area contributed by atoms with Gasteiger partial charge in [0.2, 0.25) is 10.0 Å². The van der Waals surface area contributed by atoms with Gasteiger partial charge in [-0.1, -0.05) is 29.8 Å². The summed E-state index contributed by atoms with van der Waals surface area (Å²) in [5.41, 5.74) is 1.89. The zero-order chi connectivity index (χ0) is 16.9. The molecule has 0 radical (unpaired) electrons. The lowest BCUT2D eigenvalue weighted by atomic mass is 10.1. The minimum absolute atomic E-state index is 0.180. The number of hydrogen-bond acceptors (Lipinski definition) is 3. The standard InChI is InChI=1S/C17H20ClNO3S/c1-3-22-15-7-5-14(6-8-15)10-11-19-23(20,21)16-9-4-13(2)17(18)12-16/h4-9,12,19H,3,10-11H2,1-2H3. The summed E-state index contributed by atoms with van der Waals surface area (Å²) in [4.78, 5) is 0.180. The van der Waals surface area contributed by atoms with Crippen molar-refractivity contribution in [1.82, 2.24) is 4.72 Å². The van der Waals surface area contributed by atoms with Crippen LogP contribution in [0.3, 0.4) is 0 Å². The molecule has 1 N–H and O–H groups in total. The van der Waals surface area contributed by atoms with Crippen molar-refractivity contribution in [1.29, 1.82) is 0 Å². The fraction of sp³-hybridized carbons (Fsp3) is 0.294. The predicted molar refractivity (Wildman–Crippen MR) is 92.7 cm³/mol. The van der Waals surface area contributed by atoms with Crippen LogP contribution in [0.2, 0.25) is 5.02 Å². The van der Waals surface area contributed by atoms with Crippen LogP contribution in [0.5, 0.6) is 5.75 Å². The molecule has 0 bridgehead atoms. The molecule has 0 heterocycles. The highest BCUT2D eigenvalue weighted by atomic mass is 35.5. The summed E-state index contributed by atoms with van der Waals surface area (Å²) in [6.07, 6.45) is 0.602. The quantitative estimate of drug-likeness (QED) is 0.827. The molecule has 4 nitrogen and oxygen atoms in total. The van der Waals surface area contributed by atoms with E-state index in [4.69, 9.17) is 16.3 Å². The molecule has 0 fully saturated rings. The maximum absolute atomic E-state index is 12.2. The van der Waals surface area contributed by atoms with E-state index in [1.165, 1.54) is 6.07 Å². The highest BCUT2D eigenvalue weighted by molar-refractivity contribution is 7.89. The van der Waals surface area contributed by atoms with Crippen LogP contribution in [-0.2, 0) is 16.4 Å². The molecule has 0 saturated carbocycles. The summed E-state index contributed by atoms with van der Waals surface area (Å²) in [6, 6.07) is 12.4. The topological polar surface area (TPSA) is 55.4 Å². The first-order valence-corrected chi connectivity index (χ1v) is 9.26. The Morgan fingerprint density at radius 3 is 2.43 bits per heavy atom. The molecule has 0 aromatic heterocycles. The maximum atomic E-state index is 12.2. The van der Waals surface area contributed by atoms with Gasteiger partial charge in [-0.3, -0.25) is 0 Å². The highest BCUT2D eigenvalue weighted by Gasteiger charge is 2.14. The van der Waals surface area contributed by atoms with Gasteiger partial charge in [-0.05, 0) is 55.7 Å². The molecule has 124 valence electrons. The van der Waals surface area contributed by atoms with E-state index in [9.17, 15) is 8.42 Å². The molecule has 2 rings (SSSR count). The Balaban J connectivity index is 1.95. The second kappa shape index (κ2) is 7.81. The van der Waals surface area contributed by atoms with Crippen molar-refractivity contribution in [2.24, 2.45) is 0 Å². The van der Waals surface area contributed by atoms with Crippen LogP contribution in [0.25, 0.3) is 0 Å². The van der Waals surface area contributed by atoms with Crippen LogP contribution >= 0.6 is 11.6 Å². The van der Waals surface area contributed by atoms with E-state index in [-0.39, 0.29) is 4.90 Å². The third-order valence-corrected chi connectivity index (χ3v) is 5.26. The van der Waals surface area contributed by atoms with Gasteiger partial charge in [0.25, 0.3) is 0 Å². The average molecular weight is 354 g/mol. The van der Waals surface area contributed by atoms with E-state index < -0.39 is 10.0 Å². The lowest BCUT2D eigenvalue weighted by Crippen LogP contribution is -2.26. The van der Waals surface area contributed by atoms with Gasteiger partial charge in [0.05, 0.1) is 11.5 Å². The Labute approximate surface area is 142 Å². The third-order valence-electron chi connectivity index (χ3n) is 3.39. The van der Waals surface area contributed by atoms with E-state index in [2.05, 4.69) is 4.72 Å². The molecular formula is C17H20ClNO3S. The minimum Gasteiger partial charge on any atom is -0.494 e. The predicted octanol–water partition coefficient (Wildman–Crippen LogP) is 3.57. The number of sulfonamides is 1. The van der Waals surface area contributed by atoms with Crippen LogP contribution in [-0.4, -0.2) is 21.6 Å². The monoisotopic (exact) mass is 353 g/mol. The highest BCUT2D eigenvalue weighted by Crippen LogP contribution is 2.20. The summed E-state index contributed by atoms with van der Waals surface area (Å²) >= 11 is 5.99. The Morgan fingerprint density at radius 2 is 1.83 bits per heavy atom. The molecular weight excluding hydrogens is 334 g/mol. The van der Waals surface area contributed by atoms with Gasteiger partial charge in [0.1, 0.15) is 5.75 Å². The van der Waals surface area contributed by atoms with Gasteiger partial charge in [0.15, 0.2) is 0 Å². The van der Waals surface area contributed by atoms with Crippen LogP contribution in [0.4, 0.5) is 0 Å². The van der Waals surface area contributed by atoms with Gasteiger partial charge >= 0.3 is 0 Å². The number of aryl methyl sites for hydroxylation is 1. The van der Waals surface area contributed by atoms with E-state index in [1.807, 2.05) is 38.1 Å². The van der Waals surface area contributed by atoms with E-state index in [0.717, 1.165) is 16.9 Å². The Bertz CT molecular complexity index is 758. The van der Waals surface area contributed by atoms with Crippen LogP contribution in [0.15, 0.2) is 47.4 Å². The molecule has 6 heteroatoms. The Morgan fingerprint density at radius 1 is 1.13 bits per heavy atom. The van der Waals surface area contributed by atoms with Gasteiger partial charge in [-0.2, -0.15) is 0 Å². The molecule has 0 aliphatic rings. The summed E-state index contributed by atoms with van der Waals surface area (Å²) in [6.45, 7) is 4.71. The first-order valence-electron chi connectivity index (χ1n) is 7.40. The molecule has 0 spiro atoms. The lowest BCUT2D eigenvalue weighted by molar-refractivity contribution is 0.340. The molecule has 0 aliphatic heterocycles. The second-order valence-electron chi connectivity index (χ2n) is 5.14. The average Bonchev–Trinajstić information content (AvgIpc) is 2.52. The number of nitrogens with one attached hydrogen (secondary N) is 1. The molecule has 2 aromatic carbocycles. The molecule has 0 aliphatic carbocycles. The third kappa shape index (κ3) is 4.96. The lowest BCUT2D eigenvalue weighted by Gasteiger charge is -2.09. The zero-order valence-electron chi connectivity index (χ0n) is 13.2. The first kappa shape index (κ1) is 17.8. The molecule has 0 unspecified atom stereocenters. The van der Waals surface area contributed by atoms with Crippen molar-refractivity contribution in [3.8, 4) is 5.75 Å². The number of halogens is 1. The summed E-state index contributed by atoms with van der Waals surface area (Å²) in [7, 11) is -3.55. The van der Waals surface area contributed by atoms with E-state index in [1.54, 1.807) is 12.1 Å². The number of benzene rings is 2. The largest absolute Gasteiger partial charge is 0.494 e.